The average molecular weight is 300 g/mol. The fraction of sp³-hybridized carbons (Fsp3) is 0.389. The number of ether oxygens (including phenoxy) is 1. The molecule has 0 fully saturated rings. The molecule has 22 heavy (non-hydrogen) atoms. The molecule has 4 heteroatoms. The van der Waals surface area contributed by atoms with E-state index in [-0.39, 0.29) is 5.56 Å². The Hall–Kier alpha value is -1.91. The van der Waals surface area contributed by atoms with Crippen molar-refractivity contribution < 1.29 is 4.74 Å². The van der Waals surface area contributed by atoms with Gasteiger partial charge in [0.1, 0.15) is 0 Å². The molecular formula is C18H24N2O2. The van der Waals surface area contributed by atoms with Gasteiger partial charge in [-0.05, 0) is 38.0 Å². The van der Waals surface area contributed by atoms with E-state index in [9.17, 15) is 4.79 Å². The lowest BCUT2D eigenvalue weighted by Crippen LogP contribution is -2.32. The molecule has 2 rings (SSSR count). The number of nitrogens with two attached hydrogens (primary N) is 1. The van der Waals surface area contributed by atoms with Crippen LogP contribution >= 0.6 is 0 Å². The Morgan fingerprint density at radius 3 is 2.41 bits per heavy atom. The summed E-state index contributed by atoms with van der Waals surface area (Å²) in [5.41, 5.74) is 11.0. The number of benzene rings is 1. The monoisotopic (exact) mass is 300 g/mol. The van der Waals surface area contributed by atoms with Gasteiger partial charge < -0.3 is 15.0 Å². The lowest BCUT2D eigenvalue weighted by atomic mass is 9.96. The average Bonchev–Trinajstić information content (AvgIpc) is 2.47. The summed E-state index contributed by atoms with van der Waals surface area (Å²) in [6.07, 6.45) is 0. The molecule has 0 bridgehead atoms. The predicted molar refractivity (Wildman–Crippen MR) is 89.3 cm³/mol. The van der Waals surface area contributed by atoms with E-state index in [4.69, 9.17) is 10.5 Å². The van der Waals surface area contributed by atoms with Crippen molar-refractivity contribution in [3.05, 3.63) is 68.6 Å². The summed E-state index contributed by atoms with van der Waals surface area (Å²) < 4.78 is 6.83. The first-order chi connectivity index (χ1) is 10.5. The third kappa shape index (κ3) is 3.29. The molecule has 118 valence electrons. The first-order valence-corrected chi connectivity index (χ1v) is 7.47. The number of rotatable bonds is 5. The number of methoxy groups -OCH3 is 1. The standard InChI is InChI=1S/C18H24N2O2/c1-12-5-7-15(8-6-12)17(19)16-13(2)11-14(3)20(18(16)21)9-10-22-4/h5-8,11,17H,9-10,19H2,1-4H3. The van der Waals surface area contributed by atoms with E-state index in [1.54, 1.807) is 11.7 Å². The molecular weight excluding hydrogens is 276 g/mol. The molecule has 0 amide bonds. The number of nitrogens with zero attached hydrogens (tertiary/aromatic N) is 1. The second-order valence-electron chi connectivity index (χ2n) is 5.72. The lowest BCUT2D eigenvalue weighted by molar-refractivity contribution is 0.185. The van der Waals surface area contributed by atoms with E-state index in [1.165, 1.54) is 5.56 Å². The van der Waals surface area contributed by atoms with Crippen LogP contribution in [0.25, 0.3) is 0 Å². The second-order valence-corrected chi connectivity index (χ2v) is 5.72. The molecule has 4 nitrogen and oxygen atoms in total. The molecule has 2 N–H and O–H groups in total. The van der Waals surface area contributed by atoms with Crippen molar-refractivity contribution in [1.29, 1.82) is 0 Å². The van der Waals surface area contributed by atoms with Gasteiger partial charge in [0.15, 0.2) is 0 Å². The summed E-state index contributed by atoms with van der Waals surface area (Å²) in [6.45, 7) is 6.95. The van der Waals surface area contributed by atoms with Gasteiger partial charge in [0.05, 0.1) is 12.6 Å². The predicted octanol–water partition coefficient (Wildman–Crippen LogP) is 2.47. The topological polar surface area (TPSA) is 57.2 Å². The molecule has 1 atom stereocenters. The summed E-state index contributed by atoms with van der Waals surface area (Å²) >= 11 is 0. The van der Waals surface area contributed by atoms with Crippen molar-refractivity contribution in [1.82, 2.24) is 4.57 Å². The lowest BCUT2D eigenvalue weighted by Gasteiger charge is -2.19. The Morgan fingerprint density at radius 2 is 1.82 bits per heavy atom. The molecule has 2 aromatic rings. The summed E-state index contributed by atoms with van der Waals surface area (Å²) in [5, 5.41) is 0. The first-order valence-electron chi connectivity index (χ1n) is 7.47. The van der Waals surface area contributed by atoms with Gasteiger partial charge in [-0.25, -0.2) is 0 Å². The van der Waals surface area contributed by atoms with E-state index in [1.807, 2.05) is 51.1 Å². The van der Waals surface area contributed by atoms with E-state index >= 15 is 0 Å². The molecule has 0 radical (unpaired) electrons. The zero-order valence-electron chi connectivity index (χ0n) is 13.7. The zero-order chi connectivity index (χ0) is 16.3. The maximum Gasteiger partial charge on any atom is 0.256 e. The number of aryl methyl sites for hydroxylation is 3. The van der Waals surface area contributed by atoms with E-state index in [0.717, 1.165) is 16.8 Å². The first kappa shape index (κ1) is 16.5. The molecule has 1 unspecified atom stereocenters. The molecule has 0 spiro atoms. The SMILES string of the molecule is COCCn1c(C)cc(C)c(C(N)c2ccc(C)cc2)c1=O. The van der Waals surface area contributed by atoms with Crippen LogP contribution in [0.4, 0.5) is 0 Å². The Balaban J connectivity index is 2.49. The number of hydrogen-bond donors (Lipinski definition) is 1. The number of aromatic nitrogens is 1. The summed E-state index contributed by atoms with van der Waals surface area (Å²) in [7, 11) is 1.63. The van der Waals surface area contributed by atoms with Crippen LogP contribution in [0.1, 0.15) is 34.0 Å². The van der Waals surface area contributed by atoms with Crippen LogP contribution < -0.4 is 11.3 Å². The minimum Gasteiger partial charge on any atom is -0.383 e. The van der Waals surface area contributed by atoms with Crippen LogP contribution in [0.2, 0.25) is 0 Å². The Morgan fingerprint density at radius 1 is 1.18 bits per heavy atom. The van der Waals surface area contributed by atoms with Crippen molar-refractivity contribution in [3.63, 3.8) is 0 Å². The van der Waals surface area contributed by atoms with Crippen LogP contribution in [0.5, 0.6) is 0 Å². The minimum atomic E-state index is -0.414. The maximum atomic E-state index is 12.8. The van der Waals surface area contributed by atoms with Crippen molar-refractivity contribution in [2.24, 2.45) is 5.73 Å². The highest BCUT2D eigenvalue weighted by atomic mass is 16.5. The van der Waals surface area contributed by atoms with Gasteiger partial charge in [0, 0.05) is 24.9 Å². The zero-order valence-corrected chi connectivity index (χ0v) is 13.7. The maximum absolute atomic E-state index is 12.8. The summed E-state index contributed by atoms with van der Waals surface area (Å²) in [5.74, 6) is 0. The quantitative estimate of drug-likeness (QED) is 0.923. The van der Waals surface area contributed by atoms with E-state index < -0.39 is 6.04 Å². The second kappa shape index (κ2) is 6.90. The highest BCUT2D eigenvalue weighted by Crippen LogP contribution is 2.21. The van der Waals surface area contributed by atoms with Crippen LogP contribution in [-0.2, 0) is 11.3 Å². The van der Waals surface area contributed by atoms with E-state index in [2.05, 4.69) is 0 Å². The van der Waals surface area contributed by atoms with Crippen LogP contribution in [-0.4, -0.2) is 18.3 Å². The van der Waals surface area contributed by atoms with Gasteiger partial charge in [-0.3, -0.25) is 4.79 Å². The van der Waals surface area contributed by atoms with Crippen molar-refractivity contribution in [3.8, 4) is 0 Å². The molecule has 1 heterocycles. The van der Waals surface area contributed by atoms with Crippen LogP contribution in [0.3, 0.4) is 0 Å². The van der Waals surface area contributed by atoms with Gasteiger partial charge in [-0.2, -0.15) is 0 Å². The molecule has 0 aliphatic carbocycles. The molecule has 0 aliphatic rings. The molecule has 0 saturated heterocycles. The Labute approximate surface area is 131 Å². The third-order valence-electron chi connectivity index (χ3n) is 4.02. The van der Waals surface area contributed by atoms with Gasteiger partial charge >= 0.3 is 0 Å². The number of hydrogen-bond acceptors (Lipinski definition) is 3. The highest BCUT2D eigenvalue weighted by Gasteiger charge is 2.18. The highest BCUT2D eigenvalue weighted by molar-refractivity contribution is 5.37. The molecule has 1 aromatic carbocycles. The van der Waals surface area contributed by atoms with Crippen molar-refractivity contribution in [2.75, 3.05) is 13.7 Å². The fourth-order valence-corrected chi connectivity index (χ4v) is 2.72. The smallest absolute Gasteiger partial charge is 0.256 e. The fourth-order valence-electron chi connectivity index (χ4n) is 2.72. The Kier molecular flexibility index (Phi) is 5.16. The van der Waals surface area contributed by atoms with E-state index in [0.29, 0.717) is 18.7 Å². The van der Waals surface area contributed by atoms with Gasteiger partial charge in [0.2, 0.25) is 0 Å². The van der Waals surface area contributed by atoms with Crippen molar-refractivity contribution >= 4 is 0 Å². The number of pyridine rings is 1. The Bertz CT molecular complexity index is 702. The minimum absolute atomic E-state index is 0.0253. The third-order valence-corrected chi connectivity index (χ3v) is 4.02. The summed E-state index contributed by atoms with van der Waals surface area (Å²) in [4.78, 5) is 12.8. The molecule has 0 aliphatic heterocycles. The normalized spacial score (nSPS) is 12.4. The summed E-state index contributed by atoms with van der Waals surface area (Å²) in [6, 6.07) is 9.60. The molecule has 1 aromatic heterocycles. The van der Waals surface area contributed by atoms with Gasteiger partial charge in [0.25, 0.3) is 5.56 Å². The van der Waals surface area contributed by atoms with Gasteiger partial charge in [-0.15, -0.1) is 0 Å². The van der Waals surface area contributed by atoms with Crippen LogP contribution in [0.15, 0.2) is 35.1 Å². The molecule has 0 saturated carbocycles. The van der Waals surface area contributed by atoms with Gasteiger partial charge in [-0.1, -0.05) is 29.8 Å². The largest absolute Gasteiger partial charge is 0.383 e. The van der Waals surface area contributed by atoms with Crippen LogP contribution in [0, 0.1) is 20.8 Å². The van der Waals surface area contributed by atoms with Crippen molar-refractivity contribution in [2.45, 2.75) is 33.4 Å².